The van der Waals surface area contributed by atoms with Crippen molar-refractivity contribution in [1.82, 2.24) is 9.88 Å². The van der Waals surface area contributed by atoms with E-state index in [0.29, 0.717) is 22.2 Å². The molecule has 0 fully saturated rings. The summed E-state index contributed by atoms with van der Waals surface area (Å²) in [4.78, 5) is 25.0. The number of rotatable bonds is 6. The number of hydrogen-bond donors (Lipinski definition) is 1. The van der Waals surface area contributed by atoms with E-state index in [-0.39, 0.29) is 17.5 Å². The quantitative estimate of drug-likeness (QED) is 0.610. The Morgan fingerprint density at radius 3 is 2.43 bits per heavy atom. The second-order valence-corrected chi connectivity index (χ2v) is 7.30. The first-order valence-corrected chi connectivity index (χ1v) is 9.73. The minimum absolute atomic E-state index is 0.145. The average molecular weight is 415 g/mol. The van der Waals surface area contributed by atoms with Crippen LogP contribution >= 0.6 is 23.2 Å². The van der Waals surface area contributed by atoms with Crippen LogP contribution in [0.15, 0.2) is 71.7 Å². The molecule has 3 rings (SSSR count). The summed E-state index contributed by atoms with van der Waals surface area (Å²) >= 11 is 12.1. The Hall–Kier alpha value is -2.56. The molecule has 1 amide bonds. The Balaban J connectivity index is 1.81. The van der Waals surface area contributed by atoms with E-state index in [1.165, 1.54) is 16.7 Å². The maximum Gasteiger partial charge on any atom is 0.253 e. The first-order valence-electron chi connectivity index (χ1n) is 8.98. The van der Waals surface area contributed by atoms with Gasteiger partial charge in [0.2, 0.25) is 0 Å². The van der Waals surface area contributed by atoms with Crippen LogP contribution in [0.2, 0.25) is 10.0 Å². The van der Waals surface area contributed by atoms with Gasteiger partial charge in [0.25, 0.3) is 11.5 Å². The largest absolute Gasteiger partial charge is 0.345 e. The van der Waals surface area contributed by atoms with E-state index >= 15 is 0 Å². The average Bonchev–Trinajstić information content (AvgIpc) is 2.70. The van der Waals surface area contributed by atoms with Crippen molar-refractivity contribution in [2.75, 3.05) is 0 Å². The number of nitrogens with zero attached hydrogens (tertiary/aromatic N) is 1. The van der Waals surface area contributed by atoms with E-state index in [2.05, 4.69) is 5.32 Å². The van der Waals surface area contributed by atoms with Crippen LogP contribution in [0.3, 0.4) is 0 Å². The van der Waals surface area contributed by atoms with Crippen molar-refractivity contribution in [2.24, 2.45) is 0 Å². The zero-order valence-electron chi connectivity index (χ0n) is 15.4. The molecule has 1 N–H and O–H groups in total. The fourth-order valence-corrected chi connectivity index (χ4v) is 3.28. The van der Waals surface area contributed by atoms with Crippen molar-refractivity contribution in [2.45, 2.75) is 25.9 Å². The molecule has 2 aromatic carbocycles. The van der Waals surface area contributed by atoms with Crippen LogP contribution in [0.4, 0.5) is 0 Å². The van der Waals surface area contributed by atoms with Gasteiger partial charge in [-0.3, -0.25) is 9.59 Å². The van der Waals surface area contributed by atoms with Crippen LogP contribution in [-0.2, 0) is 6.54 Å². The van der Waals surface area contributed by atoms with Gasteiger partial charge in [-0.25, -0.2) is 0 Å². The molecular weight excluding hydrogens is 395 g/mol. The van der Waals surface area contributed by atoms with Crippen LogP contribution in [0, 0.1) is 0 Å². The number of halogens is 2. The molecule has 0 aliphatic carbocycles. The molecule has 4 nitrogen and oxygen atoms in total. The number of benzene rings is 2. The summed E-state index contributed by atoms with van der Waals surface area (Å²) in [6.45, 7) is 2.30. The third-order valence-corrected chi connectivity index (χ3v) is 5.15. The lowest BCUT2D eigenvalue weighted by atomic mass is 10.0. The van der Waals surface area contributed by atoms with E-state index in [9.17, 15) is 9.59 Å². The number of carbonyl (C=O) groups excluding carboxylic acids is 1. The van der Waals surface area contributed by atoms with Crippen LogP contribution in [0.1, 0.15) is 40.9 Å². The highest BCUT2D eigenvalue weighted by molar-refractivity contribution is 6.31. The predicted molar refractivity (Wildman–Crippen MR) is 113 cm³/mol. The SMILES string of the molecule is CCC(NC(=O)c1ccc(=O)n(Cc2ccccc2Cl)c1)c1ccc(Cl)cc1. The first-order chi connectivity index (χ1) is 13.5. The summed E-state index contributed by atoms with van der Waals surface area (Å²) in [5.41, 5.74) is 2.02. The lowest BCUT2D eigenvalue weighted by Crippen LogP contribution is -2.30. The molecule has 1 heterocycles. The second-order valence-electron chi connectivity index (χ2n) is 6.46. The van der Waals surface area contributed by atoms with Gasteiger partial charge in [0, 0.05) is 22.3 Å². The lowest BCUT2D eigenvalue weighted by molar-refractivity contribution is 0.0934. The van der Waals surface area contributed by atoms with Gasteiger partial charge in [-0.2, -0.15) is 0 Å². The molecule has 3 aromatic rings. The van der Waals surface area contributed by atoms with Gasteiger partial charge in [0.15, 0.2) is 0 Å². The summed E-state index contributed by atoms with van der Waals surface area (Å²) in [6.07, 6.45) is 2.29. The normalized spacial score (nSPS) is 11.8. The van der Waals surface area contributed by atoms with Gasteiger partial charge in [-0.05, 0) is 41.8 Å². The predicted octanol–water partition coefficient (Wildman–Crippen LogP) is 5.08. The summed E-state index contributed by atoms with van der Waals surface area (Å²) in [6, 6.07) is 17.5. The molecular formula is C22H20Cl2N2O2. The first kappa shape index (κ1) is 20.2. The fourth-order valence-electron chi connectivity index (χ4n) is 2.96. The number of aromatic nitrogens is 1. The summed E-state index contributed by atoms with van der Waals surface area (Å²) in [5.74, 6) is -0.241. The van der Waals surface area contributed by atoms with Gasteiger partial charge in [0.05, 0.1) is 18.2 Å². The Bertz CT molecular complexity index is 1030. The topological polar surface area (TPSA) is 51.1 Å². The lowest BCUT2D eigenvalue weighted by Gasteiger charge is -2.18. The monoisotopic (exact) mass is 414 g/mol. The Morgan fingerprint density at radius 2 is 1.75 bits per heavy atom. The van der Waals surface area contributed by atoms with Crippen molar-refractivity contribution in [1.29, 1.82) is 0 Å². The van der Waals surface area contributed by atoms with Crippen LogP contribution in [0.25, 0.3) is 0 Å². The Labute approximate surface area is 173 Å². The molecule has 0 radical (unpaired) electrons. The molecule has 0 saturated heterocycles. The highest BCUT2D eigenvalue weighted by atomic mass is 35.5. The Kier molecular flexibility index (Phi) is 6.55. The smallest absolute Gasteiger partial charge is 0.253 e. The molecule has 1 aromatic heterocycles. The molecule has 0 bridgehead atoms. The number of pyridine rings is 1. The van der Waals surface area contributed by atoms with Gasteiger partial charge >= 0.3 is 0 Å². The van der Waals surface area contributed by atoms with Crippen molar-refractivity contribution >= 4 is 29.1 Å². The zero-order valence-corrected chi connectivity index (χ0v) is 16.9. The molecule has 0 aliphatic heterocycles. The van der Waals surface area contributed by atoms with E-state index in [1.807, 2.05) is 37.3 Å². The standard InChI is InChI=1S/C22H20Cl2N2O2/c1-2-20(15-7-10-18(23)11-8-15)25-22(28)17-9-12-21(27)26(14-17)13-16-5-3-4-6-19(16)24/h3-12,14,20H,2,13H2,1H3,(H,25,28). The molecule has 0 aliphatic rings. The maximum absolute atomic E-state index is 12.8. The van der Waals surface area contributed by atoms with Gasteiger partial charge in [-0.1, -0.05) is 60.5 Å². The van der Waals surface area contributed by atoms with Crippen molar-refractivity contribution in [3.8, 4) is 0 Å². The highest BCUT2D eigenvalue weighted by Gasteiger charge is 2.15. The van der Waals surface area contributed by atoms with Crippen LogP contribution < -0.4 is 10.9 Å². The van der Waals surface area contributed by atoms with Crippen molar-refractivity contribution in [3.63, 3.8) is 0 Å². The molecule has 0 spiro atoms. The van der Waals surface area contributed by atoms with Crippen molar-refractivity contribution < 1.29 is 4.79 Å². The number of amides is 1. The van der Waals surface area contributed by atoms with Crippen molar-refractivity contribution in [3.05, 3.63) is 104 Å². The van der Waals surface area contributed by atoms with E-state index in [4.69, 9.17) is 23.2 Å². The minimum atomic E-state index is -0.241. The van der Waals surface area contributed by atoms with Gasteiger partial charge in [-0.15, -0.1) is 0 Å². The van der Waals surface area contributed by atoms with Gasteiger partial charge in [0.1, 0.15) is 0 Å². The maximum atomic E-state index is 12.8. The molecule has 144 valence electrons. The summed E-state index contributed by atoms with van der Waals surface area (Å²) in [5, 5.41) is 4.25. The minimum Gasteiger partial charge on any atom is -0.345 e. The van der Waals surface area contributed by atoms with E-state index < -0.39 is 0 Å². The molecule has 28 heavy (non-hydrogen) atoms. The van der Waals surface area contributed by atoms with Gasteiger partial charge < -0.3 is 9.88 Å². The summed E-state index contributed by atoms with van der Waals surface area (Å²) in [7, 11) is 0. The number of carbonyl (C=O) groups is 1. The Morgan fingerprint density at radius 1 is 1.04 bits per heavy atom. The van der Waals surface area contributed by atoms with Crippen LogP contribution in [-0.4, -0.2) is 10.5 Å². The third kappa shape index (κ3) is 4.83. The highest BCUT2D eigenvalue weighted by Crippen LogP contribution is 2.20. The molecule has 1 atom stereocenters. The van der Waals surface area contributed by atoms with Crippen LogP contribution in [0.5, 0.6) is 0 Å². The number of hydrogen-bond acceptors (Lipinski definition) is 2. The second kappa shape index (κ2) is 9.09. The van der Waals surface area contributed by atoms with E-state index in [1.54, 1.807) is 24.4 Å². The van der Waals surface area contributed by atoms with E-state index in [0.717, 1.165) is 17.5 Å². The molecule has 0 saturated carbocycles. The third-order valence-electron chi connectivity index (χ3n) is 4.53. The zero-order chi connectivity index (χ0) is 20.1. The molecule has 1 unspecified atom stereocenters. The summed E-state index contributed by atoms with van der Waals surface area (Å²) < 4.78 is 1.49. The number of nitrogens with one attached hydrogen (secondary N) is 1. The molecule has 6 heteroatoms. The fraction of sp³-hybridized carbons (Fsp3) is 0.182.